The number of halogens is 1. The first-order valence-corrected chi connectivity index (χ1v) is 10.5. The summed E-state index contributed by atoms with van der Waals surface area (Å²) in [6.07, 6.45) is 0. The Labute approximate surface area is 164 Å². The van der Waals surface area contributed by atoms with Gasteiger partial charge in [0.2, 0.25) is 5.91 Å². The van der Waals surface area contributed by atoms with E-state index >= 15 is 0 Å². The molecule has 1 N–H and O–H groups in total. The van der Waals surface area contributed by atoms with Gasteiger partial charge in [0, 0.05) is 31.2 Å². The number of likely N-dealkylation sites (tertiary alicyclic amines) is 1. The standard InChI is InChI=1S/C21H23ClN2OS/c22-19-8-6-16(7-9-19)21(15-4-2-1-3-5-15)26-14-20(25)24-12-17-10-23-11-18(17)13-24/h1-9,17-18,21,23H,10-14H2/t17-,18+,21?. The molecule has 2 aliphatic rings. The van der Waals surface area contributed by atoms with Crippen molar-refractivity contribution in [3.05, 3.63) is 70.7 Å². The van der Waals surface area contributed by atoms with Gasteiger partial charge < -0.3 is 10.2 Å². The van der Waals surface area contributed by atoms with Crippen LogP contribution < -0.4 is 5.32 Å². The molecule has 2 aliphatic heterocycles. The third-order valence-electron chi connectivity index (χ3n) is 5.39. The van der Waals surface area contributed by atoms with E-state index < -0.39 is 0 Å². The topological polar surface area (TPSA) is 32.3 Å². The number of carbonyl (C=O) groups excluding carboxylic acids is 1. The third-order valence-corrected chi connectivity index (χ3v) is 6.93. The molecule has 0 bridgehead atoms. The number of carbonyl (C=O) groups is 1. The maximum absolute atomic E-state index is 12.8. The molecule has 0 saturated carbocycles. The normalized spacial score (nSPS) is 23.0. The van der Waals surface area contributed by atoms with Crippen LogP contribution in [0.2, 0.25) is 5.02 Å². The van der Waals surface area contributed by atoms with Crippen molar-refractivity contribution >= 4 is 29.3 Å². The molecule has 1 unspecified atom stereocenters. The monoisotopic (exact) mass is 386 g/mol. The lowest BCUT2D eigenvalue weighted by molar-refractivity contribution is -0.127. The fourth-order valence-corrected chi connectivity index (χ4v) is 5.27. The molecule has 1 amide bonds. The average Bonchev–Trinajstić information content (AvgIpc) is 3.26. The van der Waals surface area contributed by atoms with Crippen molar-refractivity contribution in [3.8, 4) is 0 Å². The van der Waals surface area contributed by atoms with Crippen molar-refractivity contribution in [3.63, 3.8) is 0 Å². The van der Waals surface area contributed by atoms with Gasteiger partial charge in [0.15, 0.2) is 0 Å². The van der Waals surface area contributed by atoms with Crippen LogP contribution in [0, 0.1) is 11.8 Å². The maximum atomic E-state index is 12.8. The van der Waals surface area contributed by atoms with Gasteiger partial charge in [-0.2, -0.15) is 0 Å². The highest BCUT2D eigenvalue weighted by Gasteiger charge is 2.38. The van der Waals surface area contributed by atoms with E-state index in [-0.39, 0.29) is 11.2 Å². The third kappa shape index (κ3) is 3.93. The largest absolute Gasteiger partial charge is 0.341 e. The first-order chi connectivity index (χ1) is 12.7. The summed E-state index contributed by atoms with van der Waals surface area (Å²) in [7, 11) is 0. The smallest absolute Gasteiger partial charge is 0.232 e. The molecular weight excluding hydrogens is 364 g/mol. The van der Waals surface area contributed by atoms with Gasteiger partial charge in [-0.1, -0.05) is 54.1 Å². The van der Waals surface area contributed by atoms with Crippen molar-refractivity contribution in [2.45, 2.75) is 5.25 Å². The predicted molar refractivity (Wildman–Crippen MR) is 109 cm³/mol. The Balaban J connectivity index is 1.45. The molecule has 0 spiro atoms. The van der Waals surface area contributed by atoms with Gasteiger partial charge >= 0.3 is 0 Å². The quantitative estimate of drug-likeness (QED) is 0.847. The number of hydrogen-bond donors (Lipinski definition) is 1. The Hall–Kier alpha value is -1.49. The van der Waals surface area contributed by atoms with Crippen LogP contribution in [0.25, 0.3) is 0 Å². The van der Waals surface area contributed by atoms with Gasteiger partial charge in [-0.3, -0.25) is 4.79 Å². The van der Waals surface area contributed by atoms with E-state index in [1.165, 1.54) is 11.1 Å². The maximum Gasteiger partial charge on any atom is 0.232 e. The number of amides is 1. The van der Waals surface area contributed by atoms with E-state index in [9.17, 15) is 4.79 Å². The van der Waals surface area contributed by atoms with Crippen LogP contribution >= 0.6 is 23.4 Å². The molecule has 3 nitrogen and oxygen atoms in total. The Morgan fingerprint density at radius 2 is 1.65 bits per heavy atom. The molecule has 2 aromatic carbocycles. The number of hydrogen-bond acceptors (Lipinski definition) is 3. The molecule has 2 saturated heterocycles. The number of thioether (sulfide) groups is 1. The summed E-state index contributed by atoms with van der Waals surface area (Å²) in [4.78, 5) is 14.8. The Kier molecular flexibility index (Phi) is 5.53. The summed E-state index contributed by atoms with van der Waals surface area (Å²) in [6.45, 7) is 3.93. The van der Waals surface area contributed by atoms with E-state index in [0.29, 0.717) is 17.6 Å². The second-order valence-electron chi connectivity index (χ2n) is 7.13. The lowest BCUT2D eigenvalue weighted by Crippen LogP contribution is -2.33. The van der Waals surface area contributed by atoms with Gasteiger partial charge in [-0.25, -0.2) is 0 Å². The highest BCUT2D eigenvalue weighted by Crippen LogP contribution is 2.36. The molecule has 2 aromatic rings. The van der Waals surface area contributed by atoms with Gasteiger partial charge in [0.1, 0.15) is 0 Å². The van der Waals surface area contributed by atoms with Crippen LogP contribution in [0.3, 0.4) is 0 Å². The Bertz CT molecular complexity index is 740. The second-order valence-corrected chi connectivity index (χ2v) is 8.66. The van der Waals surface area contributed by atoms with Crippen molar-refractivity contribution in [1.29, 1.82) is 0 Å². The van der Waals surface area contributed by atoms with E-state index in [0.717, 1.165) is 31.2 Å². The first-order valence-electron chi connectivity index (χ1n) is 9.11. The van der Waals surface area contributed by atoms with Crippen molar-refractivity contribution in [1.82, 2.24) is 10.2 Å². The molecule has 0 aliphatic carbocycles. The summed E-state index contributed by atoms with van der Waals surface area (Å²) in [6, 6.07) is 18.3. The molecule has 5 heteroatoms. The molecule has 2 heterocycles. The van der Waals surface area contributed by atoms with Crippen molar-refractivity contribution in [2.24, 2.45) is 11.8 Å². The fraction of sp³-hybridized carbons (Fsp3) is 0.381. The predicted octanol–water partition coefficient (Wildman–Crippen LogP) is 3.84. The van der Waals surface area contributed by atoms with E-state index in [2.05, 4.69) is 46.6 Å². The summed E-state index contributed by atoms with van der Waals surface area (Å²) < 4.78 is 0. The molecule has 2 fully saturated rings. The second kappa shape index (κ2) is 8.03. The lowest BCUT2D eigenvalue weighted by atomic mass is 10.0. The molecule has 0 radical (unpaired) electrons. The van der Waals surface area contributed by atoms with Gasteiger partial charge in [0.25, 0.3) is 0 Å². The minimum atomic E-state index is 0.140. The number of nitrogens with zero attached hydrogens (tertiary/aromatic N) is 1. The van der Waals surface area contributed by atoms with Crippen molar-refractivity contribution < 1.29 is 4.79 Å². The molecule has 3 atom stereocenters. The molecule has 26 heavy (non-hydrogen) atoms. The average molecular weight is 387 g/mol. The fourth-order valence-electron chi connectivity index (χ4n) is 3.96. The number of nitrogens with one attached hydrogen (secondary N) is 1. The summed E-state index contributed by atoms with van der Waals surface area (Å²) in [5.74, 6) is 2.06. The zero-order valence-electron chi connectivity index (χ0n) is 14.6. The lowest BCUT2D eigenvalue weighted by Gasteiger charge is -2.21. The van der Waals surface area contributed by atoms with Gasteiger partial charge in [-0.05, 0) is 35.1 Å². The molecule has 4 rings (SSSR count). The summed E-state index contributed by atoms with van der Waals surface area (Å²) >= 11 is 7.76. The molecular formula is C21H23ClN2OS. The van der Waals surface area contributed by atoms with Crippen LogP contribution in [-0.4, -0.2) is 42.7 Å². The Morgan fingerprint density at radius 1 is 1.04 bits per heavy atom. The minimum absolute atomic E-state index is 0.140. The highest BCUT2D eigenvalue weighted by atomic mass is 35.5. The zero-order chi connectivity index (χ0) is 17.9. The molecule has 0 aromatic heterocycles. The minimum Gasteiger partial charge on any atom is -0.341 e. The molecule has 136 valence electrons. The van der Waals surface area contributed by atoms with Crippen molar-refractivity contribution in [2.75, 3.05) is 31.9 Å². The Morgan fingerprint density at radius 3 is 2.31 bits per heavy atom. The van der Waals surface area contributed by atoms with Crippen LogP contribution in [0.4, 0.5) is 0 Å². The van der Waals surface area contributed by atoms with Crippen LogP contribution in [0.5, 0.6) is 0 Å². The van der Waals surface area contributed by atoms with Crippen LogP contribution in [-0.2, 0) is 4.79 Å². The number of fused-ring (bicyclic) bond motifs is 1. The summed E-state index contributed by atoms with van der Waals surface area (Å²) in [5.41, 5.74) is 2.40. The van der Waals surface area contributed by atoms with E-state index in [1.54, 1.807) is 11.8 Å². The number of rotatable bonds is 5. The van der Waals surface area contributed by atoms with E-state index in [4.69, 9.17) is 11.6 Å². The van der Waals surface area contributed by atoms with Gasteiger partial charge in [0.05, 0.1) is 11.0 Å². The highest BCUT2D eigenvalue weighted by molar-refractivity contribution is 8.00. The van der Waals surface area contributed by atoms with Crippen LogP contribution in [0.15, 0.2) is 54.6 Å². The van der Waals surface area contributed by atoms with Gasteiger partial charge in [-0.15, -0.1) is 11.8 Å². The zero-order valence-corrected chi connectivity index (χ0v) is 16.2. The first kappa shape index (κ1) is 17.9. The SMILES string of the molecule is O=C(CSC(c1ccccc1)c1ccc(Cl)cc1)N1C[C@H]2CNC[C@H]2C1. The number of benzene rings is 2. The van der Waals surface area contributed by atoms with E-state index in [1.807, 2.05) is 18.2 Å². The van der Waals surface area contributed by atoms with Crippen LogP contribution in [0.1, 0.15) is 16.4 Å². The summed E-state index contributed by atoms with van der Waals surface area (Å²) in [5, 5.41) is 4.30.